The number of anilines is 1. The van der Waals surface area contributed by atoms with Crippen molar-refractivity contribution in [1.82, 2.24) is 15.0 Å². The Hall–Kier alpha value is -0.530. The van der Waals surface area contributed by atoms with E-state index in [0.717, 1.165) is 25.0 Å². The van der Waals surface area contributed by atoms with Gasteiger partial charge in [-0.25, -0.2) is 0 Å². The summed E-state index contributed by atoms with van der Waals surface area (Å²) >= 11 is 2.54. The Labute approximate surface area is 98.4 Å². The lowest BCUT2D eigenvalue weighted by Crippen LogP contribution is -2.24. The summed E-state index contributed by atoms with van der Waals surface area (Å²) in [6.07, 6.45) is 1.94. The second kappa shape index (κ2) is 6.14. The largest absolute Gasteiger partial charge is 0.341 e. The molecule has 15 heavy (non-hydrogen) atoms. The highest BCUT2D eigenvalue weighted by molar-refractivity contribution is 7.98. The van der Waals surface area contributed by atoms with Crippen molar-refractivity contribution >= 4 is 29.7 Å². The van der Waals surface area contributed by atoms with Gasteiger partial charge in [0.25, 0.3) is 0 Å². The molecule has 0 unspecified atom stereocenters. The van der Waals surface area contributed by atoms with Crippen molar-refractivity contribution in [3.05, 3.63) is 0 Å². The summed E-state index contributed by atoms with van der Waals surface area (Å²) in [5, 5.41) is 6.74. The molecule has 84 valence electrons. The van der Waals surface area contributed by atoms with Crippen LogP contribution in [0.2, 0.25) is 0 Å². The maximum Gasteiger partial charge on any atom is 0.230 e. The van der Waals surface area contributed by atoms with E-state index in [4.69, 9.17) is 5.14 Å². The Morgan fingerprint density at radius 1 is 1.13 bits per heavy atom. The van der Waals surface area contributed by atoms with E-state index in [1.54, 1.807) is 0 Å². The van der Waals surface area contributed by atoms with Crippen LogP contribution in [0.4, 0.5) is 5.95 Å². The third-order valence-corrected chi connectivity index (χ3v) is 2.86. The van der Waals surface area contributed by atoms with E-state index < -0.39 is 0 Å². The van der Waals surface area contributed by atoms with Crippen molar-refractivity contribution in [1.29, 1.82) is 0 Å². The highest BCUT2D eigenvalue weighted by Crippen LogP contribution is 2.17. The van der Waals surface area contributed by atoms with Gasteiger partial charge in [0.2, 0.25) is 11.1 Å². The molecule has 0 atom stereocenters. The highest BCUT2D eigenvalue weighted by atomic mass is 32.2. The van der Waals surface area contributed by atoms with E-state index >= 15 is 0 Å². The third kappa shape index (κ3) is 3.22. The van der Waals surface area contributed by atoms with Crippen molar-refractivity contribution < 1.29 is 0 Å². The van der Waals surface area contributed by atoms with Gasteiger partial charge in [0, 0.05) is 13.1 Å². The Kier molecular flexibility index (Phi) is 5.13. The monoisotopic (exact) mass is 245 g/mol. The Morgan fingerprint density at radius 2 is 1.73 bits per heavy atom. The molecular formula is C8H15N5S2. The summed E-state index contributed by atoms with van der Waals surface area (Å²) in [6.45, 7) is 5.90. The zero-order valence-corrected chi connectivity index (χ0v) is 10.7. The number of hydrogen-bond donors (Lipinski definition) is 1. The minimum absolute atomic E-state index is 0.566. The molecule has 0 aliphatic heterocycles. The van der Waals surface area contributed by atoms with Crippen LogP contribution in [0.3, 0.4) is 0 Å². The molecule has 0 saturated heterocycles. The molecule has 0 radical (unpaired) electrons. The van der Waals surface area contributed by atoms with Gasteiger partial charge in [-0.15, -0.1) is 0 Å². The Bertz CT molecular complexity index is 294. The van der Waals surface area contributed by atoms with Crippen LogP contribution < -0.4 is 10.0 Å². The summed E-state index contributed by atoms with van der Waals surface area (Å²) in [5.74, 6) is 0.701. The SMILES string of the molecule is CCN(CC)c1nc(SC)nc(SN)n1. The molecule has 2 N–H and O–H groups in total. The summed E-state index contributed by atoms with van der Waals surface area (Å²) in [6, 6.07) is 0. The van der Waals surface area contributed by atoms with Gasteiger partial charge in [0.15, 0.2) is 5.16 Å². The van der Waals surface area contributed by atoms with E-state index in [2.05, 4.69) is 33.7 Å². The standard InChI is InChI=1S/C8H15N5S2/c1-4-13(5-2)6-10-7(14-3)12-8(11-6)15-9/h4-5,9H2,1-3H3. The first-order chi connectivity index (χ1) is 7.24. The first kappa shape index (κ1) is 12.5. The quantitative estimate of drug-likeness (QED) is 0.621. The van der Waals surface area contributed by atoms with E-state index in [1.807, 2.05) is 6.26 Å². The van der Waals surface area contributed by atoms with Crippen LogP contribution in [0, 0.1) is 0 Å². The van der Waals surface area contributed by atoms with Crippen molar-refractivity contribution in [2.75, 3.05) is 24.2 Å². The van der Waals surface area contributed by atoms with Gasteiger partial charge in [0.05, 0.1) is 0 Å². The van der Waals surface area contributed by atoms with Crippen molar-refractivity contribution in [3.63, 3.8) is 0 Å². The fourth-order valence-corrected chi connectivity index (χ4v) is 1.80. The van der Waals surface area contributed by atoms with Gasteiger partial charge in [0.1, 0.15) is 0 Å². The molecule has 0 aliphatic rings. The van der Waals surface area contributed by atoms with E-state index in [1.165, 1.54) is 11.8 Å². The first-order valence-corrected chi connectivity index (χ1v) is 6.77. The van der Waals surface area contributed by atoms with Gasteiger partial charge < -0.3 is 4.90 Å². The van der Waals surface area contributed by atoms with Crippen LogP contribution in [-0.2, 0) is 0 Å². The van der Waals surface area contributed by atoms with Crippen LogP contribution in [0.1, 0.15) is 13.8 Å². The summed E-state index contributed by atoms with van der Waals surface area (Å²) in [5.41, 5.74) is 0. The normalized spacial score (nSPS) is 10.4. The van der Waals surface area contributed by atoms with Gasteiger partial charge in [-0.2, -0.15) is 15.0 Å². The van der Waals surface area contributed by atoms with Crippen LogP contribution in [0.5, 0.6) is 0 Å². The summed E-state index contributed by atoms with van der Waals surface area (Å²) < 4.78 is 0. The van der Waals surface area contributed by atoms with Gasteiger partial charge in [-0.3, -0.25) is 5.14 Å². The third-order valence-electron chi connectivity index (χ3n) is 1.92. The number of thioether (sulfide) groups is 1. The first-order valence-electron chi connectivity index (χ1n) is 4.66. The van der Waals surface area contributed by atoms with E-state index in [-0.39, 0.29) is 0 Å². The molecule has 1 aromatic rings. The Balaban J connectivity index is 3.05. The fraction of sp³-hybridized carbons (Fsp3) is 0.625. The van der Waals surface area contributed by atoms with E-state index in [0.29, 0.717) is 16.3 Å². The number of aromatic nitrogens is 3. The summed E-state index contributed by atoms with van der Waals surface area (Å²) in [7, 11) is 0. The molecule has 0 saturated carbocycles. The second-order valence-corrected chi connectivity index (χ2v) is 4.07. The number of nitrogens with zero attached hydrogens (tertiary/aromatic N) is 4. The van der Waals surface area contributed by atoms with Crippen LogP contribution in [0.25, 0.3) is 0 Å². The van der Waals surface area contributed by atoms with Gasteiger partial charge in [-0.1, -0.05) is 11.8 Å². The highest BCUT2D eigenvalue weighted by Gasteiger charge is 2.09. The Morgan fingerprint density at radius 3 is 2.20 bits per heavy atom. The maximum absolute atomic E-state index is 5.46. The molecule has 0 spiro atoms. The minimum atomic E-state index is 0.566. The molecule has 0 amide bonds. The fourth-order valence-electron chi connectivity index (χ4n) is 1.12. The average molecular weight is 245 g/mol. The minimum Gasteiger partial charge on any atom is -0.341 e. The molecule has 7 heteroatoms. The molecule has 1 heterocycles. The van der Waals surface area contributed by atoms with Crippen molar-refractivity contribution in [2.24, 2.45) is 5.14 Å². The average Bonchev–Trinajstić information content (AvgIpc) is 2.30. The molecule has 0 bridgehead atoms. The van der Waals surface area contributed by atoms with E-state index in [9.17, 15) is 0 Å². The lowest BCUT2D eigenvalue weighted by molar-refractivity contribution is 0.737. The van der Waals surface area contributed by atoms with Crippen LogP contribution in [-0.4, -0.2) is 34.3 Å². The second-order valence-electron chi connectivity index (χ2n) is 2.69. The lowest BCUT2D eigenvalue weighted by Gasteiger charge is -2.18. The molecule has 1 rings (SSSR count). The van der Waals surface area contributed by atoms with Crippen LogP contribution >= 0.6 is 23.7 Å². The maximum atomic E-state index is 5.46. The number of rotatable bonds is 5. The molecule has 0 fully saturated rings. The molecule has 1 aromatic heterocycles. The molecule has 0 aromatic carbocycles. The number of hydrogen-bond acceptors (Lipinski definition) is 7. The smallest absolute Gasteiger partial charge is 0.230 e. The molecular weight excluding hydrogens is 230 g/mol. The number of nitrogens with two attached hydrogens (primary N) is 1. The molecule has 5 nitrogen and oxygen atoms in total. The van der Waals surface area contributed by atoms with Gasteiger partial charge >= 0.3 is 0 Å². The van der Waals surface area contributed by atoms with Crippen molar-refractivity contribution in [3.8, 4) is 0 Å². The topological polar surface area (TPSA) is 67.9 Å². The van der Waals surface area contributed by atoms with Gasteiger partial charge in [-0.05, 0) is 32.1 Å². The predicted octanol–water partition coefficient (Wildman–Crippen LogP) is 1.41. The zero-order valence-electron chi connectivity index (χ0n) is 9.10. The van der Waals surface area contributed by atoms with Crippen LogP contribution in [0.15, 0.2) is 10.3 Å². The summed E-state index contributed by atoms with van der Waals surface area (Å²) in [4.78, 5) is 14.9. The molecule has 0 aliphatic carbocycles. The predicted molar refractivity (Wildman–Crippen MR) is 65.2 cm³/mol. The zero-order chi connectivity index (χ0) is 11.3. The lowest BCUT2D eigenvalue weighted by atomic mass is 10.5. The van der Waals surface area contributed by atoms with Crippen molar-refractivity contribution in [2.45, 2.75) is 24.2 Å².